The van der Waals surface area contributed by atoms with Crippen LogP contribution in [0.3, 0.4) is 0 Å². The van der Waals surface area contributed by atoms with Gasteiger partial charge < -0.3 is 0 Å². The van der Waals surface area contributed by atoms with Gasteiger partial charge in [-0.05, 0) is 36.6 Å². The van der Waals surface area contributed by atoms with E-state index in [4.69, 9.17) is 0 Å². The lowest BCUT2D eigenvalue weighted by Crippen LogP contribution is -1.97. The minimum Gasteiger partial charge on any atom is -0.253 e. The van der Waals surface area contributed by atoms with Crippen molar-refractivity contribution < 1.29 is 4.39 Å². The van der Waals surface area contributed by atoms with Crippen molar-refractivity contribution in [1.29, 1.82) is 0 Å². The van der Waals surface area contributed by atoms with Gasteiger partial charge in [0, 0.05) is 11.3 Å². The van der Waals surface area contributed by atoms with Crippen molar-refractivity contribution in [2.24, 2.45) is 0 Å². The molecule has 0 bridgehead atoms. The first-order chi connectivity index (χ1) is 8.08. The third-order valence-corrected chi connectivity index (χ3v) is 2.79. The van der Waals surface area contributed by atoms with E-state index in [9.17, 15) is 4.39 Å². The molecule has 0 radical (unpaired) electrons. The number of halogens is 1. The van der Waals surface area contributed by atoms with Crippen molar-refractivity contribution in [1.82, 2.24) is 4.98 Å². The number of rotatable bonds is 2. The molecule has 0 aliphatic carbocycles. The molecule has 0 amide bonds. The molecule has 0 aliphatic heterocycles. The van der Waals surface area contributed by atoms with Crippen molar-refractivity contribution in [3.8, 4) is 11.3 Å². The van der Waals surface area contributed by atoms with Crippen LogP contribution >= 0.6 is 0 Å². The number of benzene rings is 1. The molecule has 0 aliphatic rings. The summed E-state index contributed by atoms with van der Waals surface area (Å²) >= 11 is 0. The van der Waals surface area contributed by atoms with Crippen LogP contribution < -0.4 is 0 Å². The average molecular weight is 229 g/mol. The van der Waals surface area contributed by atoms with E-state index in [1.54, 1.807) is 6.07 Å². The first kappa shape index (κ1) is 11.8. The van der Waals surface area contributed by atoms with Gasteiger partial charge in [-0.15, -0.1) is 0 Å². The highest BCUT2D eigenvalue weighted by Gasteiger charge is 2.10. The molecule has 1 heterocycles. The second kappa shape index (κ2) is 4.66. The van der Waals surface area contributed by atoms with Crippen molar-refractivity contribution in [2.45, 2.75) is 26.7 Å². The molecule has 2 heteroatoms. The van der Waals surface area contributed by atoms with E-state index >= 15 is 0 Å². The minimum absolute atomic E-state index is 0.222. The maximum absolute atomic E-state index is 13.3. The third-order valence-electron chi connectivity index (χ3n) is 2.79. The summed E-state index contributed by atoms with van der Waals surface area (Å²) in [6, 6.07) is 10.7. The molecular formula is C15H16FN. The molecular weight excluding hydrogens is 213 g/mol. The number of hydrogen-bond acceptors (Lipinski definition) is 1. The largest absolute Gasteiger partial charge is 0.253 e. The highest BCUT2D eigenvalue weighted by molar-refractivity contribution is 5.64. The summed E-state index contributed by atoms with van der Waals surface area (Å²) in [5, 5.41) is 0. The quantitative estimate of drug-likeness (QED) is 0.747. The topological polar surface area (TPSA) is 12.9 Å². The van der Waals surface area contributed by atoms with Crippen LogP contribution in [0.5, 0.6) is 0 Å². The summed E-state index contributed by atoms with van der Waals surface area (Å²) in [5.74, 6) is 0.155. The average Bonchev–Trinajstić information content (AvgIpc) is 2.28. The van der Waals surface area contributed by atoms with Gasteiger partial charge in [0.2, 0.25) is 0 Å². The van der Waals surface area contributed by atoms with E-state index in [1.165, 1.54) is 12.1 Å². The lowest BCUT2D eigenvalue weighted by Gasteiger charge is -2.12. The predicted molar refractivity (Wildman–Crippen MR) is 68.5 cm³/mol. The second-order valence-electron chi connectivity index (χ2n) is 4.56. The van der Waals surface area contributed by atoms with Crippen LogP contribution in [0.25, 0.3) is 11.3 Å². The van der Waals surface area contributed by atoms with Gasteiger partial charge in [0.25, 0.3) is 0 Å². The van der Waals surface area contributed by atoms with Crippen molar-refractivity contribution in [3.05, 3.63) is 53.5 Å². The smallest absolute Gasteiger partial charge is 0.123 e. The van der Waals surface area contributed by atoms with Gasteiger partial charge >= 0.3 is 0 Å². The maximum atomic E-state index is 13.3. The van der Waals surface area contributed by atoms with Gasteiger partial charge in [-0.1, -0.05) is 32.0 Å². The van der Waals surface area contributed by atoms with Crippen LogP contribution in [0.4, 0.5) is 4.39 Å². The Balaban J connectivity index is 2.61. The SMILES string of the molecule is Cc1ccc(C(C)C)c(-c2cccc(F)c2)n1. The summed E-state index contributed by atoms with van der Waals surface area (Å²) in [4.78, 5) is 4.54. The fourth-order valence-electron chi connectivity index (χ4n) is 1.90. The summed E-state index contributed by atoms with van der Waals surface area (Å²) in [7, 11) is 0. The summed E-state index contributed by atoms with van der Waals surface area (Å²) in [6.07, 6.45) is 0. The van der Waals surface area contributed by atoms with Gasteiger partial charge in [-0.25, -0.2) is 4.39 Å². The lowest BCUT2D eigenvalue weighted by atomic mass is 9.97. The molecule has 0 atom stereocenters. The highest BCUT2D eigenvalue weighted by atomic mass is 19.1. The molecule has 0 unspecified atom stereocenters. The van der Waals surface area contributed by atoms with Crippen LogP contribution in [0.15, 0.2) is 36.4 Å². The van der Waals surface area contributed by atoms with Crippen molar-refractivity contribution in [3.63, 3.8) is 0 Å². The zero-order valence-corrected chi connectivity index (χ0v) is 10.4. The Morgan fingerprint density at radius 2 is 1.88 bits per heavy atom. The molecule has 1 nitrogen and oxygen atoms in total. The van der Waals surface area contributed by atoms with Crippen molar-refractivity contribution >= 4 is 0 Å². The molecule has 2 rings (SSSR count). The summed E-state index contributed by atoms with van der Waals surface area (Å²) in [6.45, 7) is 6.19. The predicted octanol–water partition coefficient (Wildman–Crippen LogP) is 4.32. The van der Waals surface area contributed by atoms with Gasteiger partial charge in [0.15, 0.2) is 0 Å². The zero-order valence-electron chi connectivity index (χ0n) is 10.4. The summed E-state index contributed by atoms with van der Waals surface area (Å²) < 4.78 is 13.3. The molecule has 0 fully saturated rings. The van der Waals surface area contributed by atoms with Gasteiger partial charge in [-0.2, -0.15) is 0 Å². The maximum Gasteiger partial charge on any atom is 0.123 e. The second-order valence-corrected chi connectivity index (χ2v) is 4.56. The van der Waals surface area contributed by atoms with Crippen LogP contribution in [0.1, 0.15) is 31.0 Å². The Morgan fingerprint density at radius 1 is 1.12 bits per heavy atom. The highest BCUT2D eigenvalue weighted by Crippen LogP contribution is 2.27. The Morgan fingerprint density at radius 3 is 2.53 bits per heavy atom. The molecule has 0 saturated carbocycles. The lowest BCUT2D eigenvalue weighted by molar-refractivity contribution is 0.628. The molecule has 1 aromatic heterocycles. The van der Waals surface area contributed by atoms with E-state index in [2.05, 4.69) is 24.9 Å². The van der Waals surface area contributed by atoms with Gasteiger partial charge in [0.1, 0.15) is 5.82 Å². The molecule has 0 spiro atoms. The van der Waals surface area contributed by atoms with E-state index in [0.717, 1.165) is 22.5 Å². The number of nitrogens with zero attached hydrogens (tertiary/aromatic N) is 1. The van der Waals surface area contributed by atoms with Crippen LogP contribution in [0, 0.1) is 12.7 Å². The molecule has 17 heavy (non-hydrogen) atoms. The zero-order chi connectivity index (χ0) is 12.4. The Hall–Kier alpha value is -1.70. The molecule has 1 aromatic carbocycles. The third kappa shape index (κ3) is 2.52. The number of pyridine rings is 1. The molecule has 0 N–H and O–H groups in total. The monoisotopic (exact) mass is 229 g/mol. The first-order valence-corrected chi connectivity index (χ1v) is 5.81. The Kier molecular flexibility index (Phi) is 3.23. The van der Waals surface area contributed by atoms with Crippen molar-refractivity contribution in [2.75, 3.05) is 0 Å². The fraction of sp³-hybridized carbons (Fsp3) is 0.267. The van der Waals surface area contributed by atoms with E-state index < -0.39 is 0 Å². The summed E-state index contributed by atoms with van der Waals surface area (Å²) in [5.41, 5.74) is 3.84. The number of aromatic nitrogens is 1. The van der Waals surface area contributed by atoms with Gasteiger partial charge in [-0.3, -0.25) is 4.98 Å². The van der Waals surface area contributed by atoms with Crippen LogP contribution in [-0.4, -0.2) is 4.98 Å². The van der Waals surface area contributed by atoms with E-state index in [1.807, 2.05) is 19.1 Å². The van der Waals surface area contributed by atoms with Crippen LogP contribution in [0.2, 0.25) is 0 Å². The molecule has 0 saturated heterocycles. The Labute approximate surface area is 101 Å². The number of aryl methyl sites for hydroxylation is 1. The first-order valence-electron chi connectivity index (χ1n) is 5.81. The fourth-order valence-corrected chi connectivity index (χ4v) is 1.90. The van der Waals surface area contributed by atoms with E-state index in [0.29, 0.717) is 5.92 Å². The standard InChI is InChI=1S/C15H16FN/c1-10(2)14-8-7-11(3)17-15(14)12-5-4-6-13(16)9-12/h4-10H,1-3H3. The van der Waals surface area contributed by atoms with Crippen LogP contribution in [-0.2, 0) is 0 Å². The van der Waals surface area contributed by atoms with Gasteiger partial charge in [0.05, 0.1) is 5.69 Å². The Bertz CT molecular complexity index is 532. The molecule has 2 aromatic rings. The normalized spacial score (nSPS) is 10.9. The minimum atomic E-state index is -0.222. The number of hydrogen-bond donors (Lipinski definition) is 0. The molecule has 88 valence electrons. The van der Waals surface area contributed by atoms with E-state index in [-0.39, 0.29) is 5.82 Å².